The molecule has 1 saturated heterocycles. The highest BCUT2D eigenvalue weighted by molar-refractivity contribution is 6.30. The second kappa shape index (κ2) is 8.81. The molecule has 0 unspecified atom stereocenters. The summed E-state index contributed by atoms with van der Waals surface area (Å²) >= 11 is 5.89. The molecule has 8 heteroatoms. The smallest absolute Gasteiger partial charge is 0.323 e. The molecule has 0 aliphatic carbocycles. The first kappa shape index (κ1) is 19.1. The van der Waals surface area contributed by atoms with Crippen molar-refractivity contribution >= 4 is 29.3 Å². The third kappa shape index (κ3) is 5.17. The van der Waals surface area contributed by atoms with Crippen LogP contribution in [0.15, 0.2) is 42.9 Å². The summed E-state index contributed by atoms with van der Waals surface area (Å²) in [5.41, 5.74) is 0.853. The normalized spacial score (nSPS) is 14.8. The van der Waals surface area contributed by atoms with Crippen LogP contribution >= 0.6 is 11.6 Å². The van der Waals surface area contributed by atoms with Gasteiger partial charge in [-0.25, -0.2) is 4.98 Å². The van der Waals surface area contributed by atoms with Crippen LogP contribution in [0.3, 0.4) is 0 Å². The first-order chi connectivity index (χ1) is 13.0. The molecule has 0 saturated carbocycles. The molecule has 2 aromatic rings. The molecule has 142 valence electrons. The van der Waals surface area contributed by atoms with Crippen molar-refractivity contribution in [3.05, 3.63) is 53.4 Å². The minimum absolute atomic E-state index is 0.119. The van der Waals surface area contributed by atoms with Crippen molar-refractivity contribution in [2.45, 2.75) is 19.4 Å². The molecule has 1 aromatic carbocycles. The Morgan fingerprint density at radius 2 is 1.89 bits per heavy atom. The number of benzene rings is 1. The lowest BCUT2D eigenvalue weighted by Crippen LogP contribution is -2.44. The predicted molar refractivity (Wildman–Crippen MR) is 101 cm³/mol. The van der Waals surface area contributed by atoms with Gasteiger partial charge in [0.2, 0.25) is 5.91 Å². The summed E-state index contributed by atoms with van der Waals surface area (Å²) in [6.07, 6.45) is 6.30. The van der Waals surface area contributed by atoms with Gasteiger partial charge in [-0.1, -0.05) is 23.7 Å². The Morgan fingerprint density at radius 3 is 2.48 bits per heavy atom. The third-order valence-corrected chi connectivity index (χ3v) is 4.89. The largest absolute Gasteiger partial charge is 0.480 e. The number of aromatic nitrogens is 2. The van der Waals surface area contributed by atoms with E-state index in [1.54, 1.807) is 42.9 Å². The highest BCUT2D eigenvalue weighted by Crippen LogP contribution is 2.24. The van der Waals surface area contributed by atoms with Gasteiger partial charge < -0.3 is 14.9 Å². The summed E-state index contributed by atoms with van der Waals surface area (Å²) in [4.78, 5) is 36.0. The maximum atomic E-state index is 12.9. The van der Waals surface area contributed by atoms with Gasteiger partial charge in [0, 0.05) is 43.0 Å². The van der Waals surface area contributed by atoms with Gasteiger partial charge >= 0.3 is 5.97 Å². The van der Waals surface area contributed by atoms with Crippen LogP contribution in [-0.2, 0) is 16.1 Å². The molecular weight excluding hydrogens is 368 g/mol. The quantitative estimate of drug-likeness (QED) is 0.818. The first-order valence-electron chi connectivity index (χ1n) is 8.79. The Morgan fingerprint density at radius 1 is 1.19 bits per heavy atom. The highest BCUT2D eigenvalue weighted by Gasteiger charge is 2.30. The second-order valence-electron chi connectivity index (χ2n) is 6.54. The van der Waals surface area contributed by atoms with E-state index in [1.807, 2.05) is 0 Å². The van der Waals surface area contributed by atoms with Crippen molar-refractivity contribution in [2.75, 3.05) is 24.5 Å². The Labute approximate surface area is 162 Å². The molecule has 7 nitrogen and oxygen atoms in total. The van der Waals surface area contributed by atoms with Gasteiger partial charge in [0.15, 0.2) is 0 Å². The molecule has 0 bridgehead atoms. The molecular formula is C19H21ClN4O3. The number of carbonyl (C=O) groups is 2. The fraction of sp³-hybridized carbons (Fsp3) is 0.368. The summed E-state index contributed by atoms with van der Waals surface area (Å²) in [7, 11) is 0. The number of carbonyl (C=O) groups excluding carboxylic acids is 1. The standard InChI is InChI=1S/C19H21ClN4O3/c20-16-3-1-14(2-4-16)12-24(13-18(25)26)19(27)15-5-9-23(10-6-15)17-11-21-7-8-22-17/h1-4,7-8,11,15H,5-6,9-10,12-13H2,(H,25,26). The molecule has 3 rings (SSSR count). The van der Waals surface area contributed by atoms with Crippen molar-refractivity contribution < 1.29 is 14.7 Å². The SMILES string of the molecule is O=C(O)CN(Cc1ccc(Cl)cc1)C(=O)C1CCN(c2cnccn2)CC1. The maximum absolute atomic E-state index is 12.9. The van der Waals surface area contributed by atoms with E-state index < -0.39 is 5.97 Å². The molecule has 0 atom stereocenters. The third-order valence-electron chi connectivity index (χ3n) is 4.64. The number of nitrogens with zero attached hydrogens (tertiary/aromatic N) is 4. The fourth-order valence-corrected chi connectivity index (χ4v) is 3.38. The molecule has 0 radical (unpaired) electrons. The van der Waals surface area contributed by atoms with Crippen LogP contribution in [0.25, 0.3) is 0 Å². The fourth-order valence-electron chi connectivity index (χ4n) is 3.25. The monoisotopic (exact) mass is 388 g/mol. The average molecular weight is 389 g/mol. The summed E-state index contributed by atoms with van der Waals surface area (Å²) in [5.74, 6) is -0.531. The van der Waals surface area contributed by atoms with E-state index in [2.05, 4.69) is 14.9 Å². The van der Waals surface area contributed by atoms with Gasteiger partial charge in [0.1, 0.15) is 12.4 Å². The molecule has 1 aliphatic heterocycles. The molecule has 1 amide bonds. The number of hydrogen-bond acceptors (Lipinski definition) is 5. The summed E-state index contributed by atoms with van der Waals surface area (Å²) in [6, 6.07) is 7.08. The van der Waals surface area contributed by atoms with Gasteiger partial charge in [0.05, 0.1) is 6.20 Å². The molecule has 1 N–H and O–H groups in total. The molecule has 1 aromatic heterocycles. The van der Waals surface area contributed by atoms with Crippen LogP contribution in [0, 0.1) is 5.92 Å². The Hall–Kier alpha value is -2.67. The van der Waals surface area contributed by atoms with Crippen molar-refractivity contribution in [1.82, 2.24) is 14.9 Å². The summed E-state index contributed by atoms with van der Waals surface area (Å²) in [5, 5.41) is 9.81. The lowest BCUT2D eigenvalue weighted by molar-refractivity contribution is -0.147. The number of aliphatic carboxylic acids is 1. The van der Waals surface area contributed by atoms with Crippen LogP contribution in [0.5, 0.6) is 0 Å². The van der Waals surface area contributed by atoms with E-state index in [0.29, 0.717) is 31.0 Å². The van der Waals surface area contributed by atoms with Crippen molar-refractivity contribution in [1.29, 1.82) is 0 Å². The Kier molecular flexibility index (Phi) is 6.24. The maximum Gasteiger partial charge on any atom is 0.323 e. The number of carboxylic acids is 1. The van der Waals surface area contributed by atoms with E-state index in [4.69, 9.17) is 11.6 Å². The van der Waals surface area contributed by atoms with E-state index in [0.717, 1.165) is 11.4 Å². The Balaban J connectivity index is 1.64. The molecule has 0 spiro atoms. The highest BCUT2D eigenvalue weighted by atomic mass is 35.5. The van der Waals surface area contributed by atoms with Crippen molar-refractivity contribution in [2.24, 2.45) is 5.92 Å². The molecule has 2 heterocycles. The zero-order valence-electron chi connectivity index (χ0n) is 14.8. The lowest BCUT2D eigenvalue weighted by Gasteiger charge is -2.34. The second-order valence-corrected chi connectivity index (χ2v) is 6.98. The number of rotatable bonds is 6. The van der Waals surface area contributed by atoms with E-state index in [1.165, 1.54) is 4.90 Å². The number of piperidine rings is 1. The van der Waals surface area contributed by atoms with Gasteiger partial charge in [-0.2, -0.15) is 0 Å². The van der Waals surface area contributed by atoms with Gasteiger partial charge in [-0.3, -0.25) is 14.6 Å². The van der Waals surface area contributed by atoms with Crippen LogP contribution in [0.2, 0.25) is 5.02 Å². The van der Waals surface area contributed by atoms with Gasteiger partial charge in [-0.15, -0.1) is 0 Å². The van der Waals surface area contributed by atoms with Crippen LogP contribution in [0.4, 0.5) is 5.82 Å². The number of anilines is 1. The van der Waals surface area contributed by atoms with E-state index in [-0.39, 0.29) is 24.9 Å². The number of hydrogen-bond donors (Lipinski definition) is 1. The number of halogens is 1. The average Bonchev–Trinajstić information content (AvgIpc) is 2.69. The van der Waals surface area contributed by atoms with E-state index in [9.17, 15) is 14.7 Å². The minimum Gasteiger partial charge on any atom is -0.480 e. The zero-order chi connectivity index (χ0) is 19.2. The van der Waals surface area contributed by atoms with Crippen molar-refractivity contribution in [3.8, 4) is 0 Å². The van der Waals surface area contributed by atoms with Crippen molar-refractivity contribution in [3.63, 3.8) is 0 Å². The topological polar surface area (TPSA) is 86.6 Å². The predicted octanol–water partition coefficient (Wildman–Crippen LogP) is 2.46. The summed E-state index contributed by atoms with van der Waals surface area (Å²) < 4.78 is 0. The molecule has 27 heavy (non-hydrogen) atoms. The number of amides is 1. The van der Waals surface area contributed by atoms with Crippen LogP contribution in [-0.4, -0.2) is 51.5 Å². The molecule has 1 aliphatic rings. The van der Waals surface area contributed by atoms with Gasteiger partial charge in [0.25, 0.3) is 0 Å². The molecule has 1 fully saturated rings. The summed E-state index contributed by atoms with van der Waals surface area (Å²) in [6.45, 7) is 1.33. The number of carboxylic acid groups (broad SMARTS) is 1. The minimum atomic E-state index is -1.02. The van der Waals surface area contributed by atoms with Gasteiger partial charge in [-0.05, 0) is 30.5 Å². The lowest BCUT2D eigenvalue weighted by atomic mass is 9.95. The zero-order valence-corrected chi connectivity index (χ0v) is 15.5. The van der Waals surface area contributed by atoms with Crippen LogP contribution < -0.4 is 4.90 Å². The first-order valence-corrected chi connectivity index (χ1v) is 9.16. The Bertz CT molecular complexity index is 777. The van der Waals surface area contributed by atoms with E-state index >= 15 is 0 Å². The van der Waals surface area contributed by atoms with Crippen LogP contribution in [0.1, 0.15) is 18.4 Å².